The Bertz CT molecular complexity index is 1440. The molecule has 0 saturated heterocycles. The van der Waals surface area contributed by atoms with Gasteiger partial charge >= 0.3 is 11.7 Å². The molecule has 4 aromatic rings. The van der Waals surface area contributed by atoms with E-state index in [1.54, 1.807) is 59.4 Å². The number of rotatable bonds is 5. The van der Waals surface area contributed by atoms with Crippen LogP contribution in [0.5, 0.6) is 5.75 Å². The van der Waals surface area contributed by atoms with Gasteiger partial charge in [0, 0.05) is 12.6 Å². The molecule has 2 N–H and O–H groups in total. The van der Waals surface area contributed by atoms with Crippen LogP contribution in [0.15, 0.2) is 79.1 Å². The lowest BCUT2D eigenvalue weighted by Gasteiger charge is -2.06. The zero-order chi connectivity index (χ0) is 23.5. The molecule has 0 aliphatic carbocycles. The van der Waals surface area contributed by atoms with Crippen molar-refractivity contribution < 1.29 is 14.5 Å². The van der Waals surface area contributed by atoms with E-state index < -0.39 is 6.04 Å². The van der Waals surface area contributed by atoms with Gasteiger partial charge in [-0.2, -0.15) is 9.83 Å². The van der Waals surface area contributed by atoms with Crippen molar-refractivity contribution in [1.29, 1.82) is 5.26 Å². The van der Waals surface area contributed by atoms with E-state index in [9.17, 15) is 15.2 Å². The number of nitrogens with one attached hydrogen (secondary N) is 1. The highest BCUT2D eigenvalue weighted by Crippen LogP contribution is 2.28. The summed E-state index contributed by atoms with van der Waals surface area (Å²) in [4.78, 5) is 22.5. The van der Waals surface area contributed by atoms with Crippen molar-refractivity contribution in [2.75, 3.05) is 5.32 Å². The van der Waals surface area contributed by atoms with Gasteiger partial charge in [0.25, 0.3) is 0 Å². The first-order valence-electron chi connectivity index (χ1n) is 10.8. The third kappa shape index (κ3) is 4.12. The third-order valence-corrected chi connectivity index (χ3v) is 5.59. The van der Waals surface area contributed by atoms with Crippen LogP contribution in [0.2, 0.25) is 0 Å². The van der Waals surface area contributed by atoms with Crippen molar-refractivity contribution in [3.05, 3.63) is 102 Å². The number of fused-ring (bicyclic) bond motifs is 1. The second kappa shape index (κ2) is 8.96. The minimum Gasteiger partial charge on any atom is -0.508 e. The van der Waals surface area contributed by atoms with E-state index in [1.165, 1.54) is 0 Å². The van der Waals surface area contributed by atoms with Gasteiger partial charge in [0.15, 0.2) is 11.7 Å². The lowest BCUT2D eigenvalue weighted by Crippen LogP contribution is -2.44. The molecule has 1 unspecified atom stereocenters. The number of carbonyl (C=O) groups is 1. The summed E-state index contributed by atoms with van der Waals surface area (Å²) in [5.41, 5.74) is 3.67. The maximum absolute atomic E-state index is 13.3. The number of anilines is 1. The molecule has 1 aliphatic heterocycles. The van der Waals surface area contributed by atoms with Crippen LogP contribution in [0.4, 0.5) is 5.82 Å². The topological polar surface area (TPSA) is 103 Å². The summed E-state index contributed by atoms with van der Waals surface area (Å²) in [6.07, 6.45) is 7.44. The van der Waals surface area contributed by atoms with Crippen LogP contribution >= 0.6 is 0 Å². The molecule has 0 amide bonds. The second-order valence-corrected chi connectivity index (χ2v) is 7.89. The zero-order valence-corrected chi connectivity index (χ0v) is 18.1. The van der Waals surface area contributed by atoms with E-state index in [2.05, 4.69) is 16.4 Å². The first-order chi connectivity index (χ1) is 16.6. The predicted octanol–water partition coefficient (Wildman–Crippen LogP) is 3.86. The van der Waals surface area contributed by atoms with Crippen LogP contribution in [0.25, 0.3) is 23.5 Å². The van der Waals surface area contributed by atoms with Crippen molar-refractivity contribution in [2.24, 2.45) is 0 Å². The normalized spacial score (nSPS) is 14.6. The second-order valence-electron chi connectivity index (χ2n) is 7.89. The number of pyridine rings is 1. The predicted molar refractivity (Wildman–Crippen MR) is 128 cm³/mol. The molecule has 7 heteroatoms. The highest BCUT2D eigenvalue weighted by molar-refractivity contribution is 5.86. The number of nitriles is 1. The molecule has 2 aromatic heterocycles. The first kappa shape index (κ1) is 21.0. The molecule has 7 nitrogen and oxygen atoms in total. The van der Waals surface area contributed by atoms with Gasteiger partial charge in [-0.15, -0.1) is 0 Å². The Morgan fingerprint density at radius 3 is 2.59 bits per heavy atom. The monoisotopic (exact) mass is 446 g/mol. The van der Waals surface area contributed by atoms with Crippen LogP contribution in [0.3, 0.4) is 0 Å². The standard InChI is InChI=1S/C27H19N5O2/c28-16-20-7-4-14-29-24(20)25-26-31-23(15-19-5-2-1-3-6-19)27(34)32(26)17-21(30-25)11-8-18-9-12-22(33)13-10-18/h1-14,17,23,33H,15H2/p+1. The fourth-order valence-electron chi connectivity index (χ4n) is 3.91. The number of hydrogen-bond acceptors (Lipinski definition) is 6. The number of benzene rings is 2. The summed E-state index contributed by atoms with van der Waals surface area (Å²) in [5, 5.41) is 22.4. The maximum atomic E-state index is 13.3. The number of aromatic nitrogens is 3. The number of aromatic hydroxyl groups is 1. The van der Waals surface area contributed by atoms with Gasteiger partial charge in [-0.1, -0.05) is 48.5 Å². The van der Waals surface area contributed by atoms with Gasteiger partial charge < -0.3 is 5.11 Å². The molecule has 0 radical (unpaired) electrons. The highest BCUT2D eigenvalue weighted by Gasteiger charge is 2.41. The number of phenols is 1. The van der Waals surface area contributed by atoms with Gasteiger partial charge in [0.05, 0.1) is 5.56 Å². The molecule has 0 saturated carbocycles. The average Bonchev–Trinajstić information content (AvgIpc) is 3.19. The van der Waals surface area contributed by atoms with Gasteiger partial charge in [0.1, 0.15) is 29.4 Å². The minimum atomic E-state index is -0.464. The molecule has 0 spiro atoms. The van der Waals surface area contributed by atoms with E-state index in [4.69, 9.17) is 4.98 Å². The summed E-state index contributed by atoms with van der Waals surface area (Å²) in [7, 11) is 0. The Morgan fingerprint density at radius 2 is 1.82 bits per heavy atom. The number of hydrogen-bond donors (Lipinski definition) is 2. The molecule has 2 aromatic carbocycles. The van der Waals surface area contributed by atoms with Gasteiger partial charge in [-0.3, -0.25) is 10.3 Å². The number of carbonyl (C=O) groups excluding carboxylic acids is 1. The fourth-order valence-corrected chi connectivity index (χ4v) is 3.91. The lowest BCUT2D eigenvalue weighted by atomic mass is 10.1. The summed E-state index contributed by atoms with van der Waals surface area (Å²) in [6, 6.07) is 21.6. The van der Waals surface area contributed by atoms with Crippen molar-refractivity contribution in [3.8, 4) is 23.2 Å². The molecule has 34 heavy (non-hydrogen) atoms. The van der Waals surface area contributed by atoms with Crippen LogP contribution in [-0.4, -0.2) is 27.0 Å². The van der Waals surface area contributed by atoms with Crippen LogP contribution in [0.1, 0.15) is 27.2 Å². The molecular weight excluding hydrogens is 426 g/mol. The quantitative estimate of drug-likeness (QED) is 0.452. The third-order valence-electron chi connectivity index (χ3n) is 5.59. The van der Waals surface area contributed by atoms with E-state index in [1.807, 2.05) is 36.4 Å². The van der Waals surface area contributed by atoms with E-state index in [0.29, 0.717) is 34.9 Å². The summed E-state index contributed by atoms with van der Waals surface area (Å²) in [6.45, 7) is 0. The summed E-state index contributed by atoms with van der Waals surface area (Å²) >= 11 is 0. The Kier molecular flexibility index (Phi) is 5.55. The van der Waals surface area contributed by atoms with E-state index in [0.717, 1.165) is 11.1 Å². The summed E-state index contributed by atoms with van der Waals surface area (Å²) < 4.78 is 1.56. The van der Waals surface area contributed by atoms with Gasteiger partial charge in [-0.25, -0.2) is 9.78 Å². The van der Waals surface area contributed by atoms with Gasteiger partial charge in [0.2, 0.25) is 0 Å². The summed E-state index contributed by atoms with van der Waals surface area (Å²) in [5.74, 6) is 0.602. The lowest BCUT2D eigenvalue weighted by molar-refractivity contribution is -0.552. The van der Waals surface area contributed by atoms with Crippen LogP contribution < -0.4 is 9.88 Å². The van der Waals surface area contributed by atoms with Crippen molar-refractivity contribution in [2.45, 2.75) is 12.5 Å². The molecule has 0 fully saturated rings. The minimum absolute atomic E-state index is 0.101. The Balaban J connectivity index is 1.58. The molecule has 5 rings (SSSR count). The number of phenolic OH excluding ortho intramolecular Hbond substituents is 1. The molecule has 3 heterocycles. The Hall–Kier alpha value is -4.83. The smallest absolute Gasteiger partial charge is 0.359 e. The van der Waals surface area contributed by atoms with Crippen molar-refractivity contribution in [3.63, 3.8) is 0 Å². The van der Waals surface area contributed by atoms with E-state index in [-0.39, 0.29) is 11.7 Å². The van der Waals surface area contributed by atoms with Crippen molar-refractivity contribution >= 4 is 23.9 Å². The Labute approximate surface area is 196 Å². The number of nitrogens with zero attached hydrogens (tertiary/aromatic N) is 4. The largest absolute Gasteiger partial charge is 0.508 e. The SMILES string of the molecule is N#Cc1cccnc1-c1nc(C=Cc2ccc(O)cc2)c[n+]2c1NC(Cc1ccccc1)C2=O. The first-order valence-corrected chi connectivity index (χ1v) is 10.8. The molecule has 1 atom stereocenters. The zero-order valence-electron chi connectivity index (χ0n) is 18.1. The van der Waals surface area contributed by atoms with Crippen molar-refractivity contribution in [1.82, 2.24) is 9.97 Å². The Morgan fingerprint density at radius 1 is 1.03 bits per heavy atom. The van der Waals surface area contributed by atoms with E-state index >= 15 is 0 Å². The molecular formula is C27H20N5O2+. The fraction of sp³-hybridized carbons (Fsp3) is 0.0741. The maximum Gasteiger partial charge on any atom is 0.359 e. The highest BCUT2D eigenvalue weighted by atomic mass is 16.3. The molecule has 0 bridgehead atoms. The molecule has 164 valence electrons. The molecule has 1 aliphatic rings. The van der Waals surface area contributed by atoms with Crippen LogP contribution in [-0.2, 0) is 6.42 Å². The van der Waals surface area contributed by atoms with Crippen LogP contribution in [0, 0.1) is 11.3 Å². The average molecular weight is 446 g/mol. The van der Waals surface area contributed by atoms with Gasteiger partial charge in [-0.05, 0) is 41.5 Å².